The van der Waals surface area contributed by atoms with Crippen LogP contribution < -0.4 is 0 Å². The molecule has 0 aromatic carbocycles. The van der Waals surface area contributed by atoms with Crippen molar-refractivity contribution < 1.29 is 27.8 Å². The number of hydrogen-bond acceptors (Lipinski definition) is 6. The highest BCUT2D eigenvalue weighted by atomic mass is 32.2. The molecule has 0 atom stereocenters. The van der Waals surface area contributed by atoms with Crippen molar-refractivity contribution in [1.29, 1.82) is 0 Å². The first-order valence-corrected chi connectivity index (χ1v) is 6.73. The predicted molar refractivity (Wildman–Crippen MR) is 61.0 cm³/mol. The van der Waals surface area contributed by atoms with E-state index in [0.717, 1.165) is 4.31 Å². The zero-order chi connectivity index (χ0) is 13.3. The molecule has 0 aromatic rings. The second kappa shape index (κ2) is 8.40. The lowest BCUT2D eigenvalue weighted by molar-refractivity contribution is -0.140. The van der Waals surface area contributed by atoms with E-state index in [1.165, 1.54) is 14.2 Å². The van der Waals surface area contributed by atoms with Gasteiger partial charge in [0.1, 0.15) is 0 Å². The highest BCUT2D eigenvalue weighted by molar-refractivity contribution is 7.89. The number of methoxy groups -OCH3 is 2. The largest absolute Gasteiger partial charge is 0.469 e. The number of aliphatic hydroxyl groups is 1. The molecule has 17 heavy (non-hydrogen) atoms. The summed E-state index contributed by atoms with van der Waals surface area (Å²) in [7, 11) is -0.857. The minimum absolute atomic E-state index is 0.0229. The second-order valence-corrected chi connectivity index (χ2v) is 5.35. The van der Waals surface area contributed by atoms with Crippen LogP contribution in [0.4, 0.5) is 0 Å². The molecule has 0 rings (SSSR count). The first-order valence-electron chi connectivity index (χ1n) is 5.12. The number of aliphatic hydroxyl groups excluding tert-OH is 1. The van der Waals surface area contributed by atoms with Crippen LogP contribution in [-0.4, -0.2) is 70.1 Å². The summed E-state index contributed by atoms with van der Waals surface area (Å²) in [5.74, 6) is -0.843. The Morgan fingerprint density at radius 3 is 2.41 bits per heavy atom. The molecular weight excluding hydrogens is 250 g/mol. The van der Waals surface area contributed by atoms with E-state index in [1.54, 1.807) is 0 Å². The van der Waals surface area contributed by atoms with Gasteiger partial charge in [0.25, 0.3) is 0 Å². The van der Waals surface area contributed by atoms with E-state index >= 15 is 0 Å². The van der Waals surface area contributed by atoms with Crippen molar-refractivity contribution in [3.8, 4) is 0 Å². The fourth-order valence-corrected chi connectivity index (χ4v) is 2.36. The molecular formula is C9H19NO6S. The molecule has 0 aromatic heterocycles. The normalized spacial score (nSPS) is 11.8. The van der Waals surface area contributed by atoms with Crippen LogP contribution in [0, 0.1) is 0 Å². The molecule has 0 bridgehead atoms. The smallest absolute Gasteiger partial charge is 0.306 e. The zero-order valence-electron chi connectivity index (χ0n) is 10.1. The Labute approximate surface area is 101 Å². The van der Waals surface area contributed by atoms with Crippen LogP contribution >= 0.6 is 0 Å². The van der Waals surface area contributed by atoms with E-state index < -0.39 is 22.6 Å². The molecule has 1 N–H and O–H groups in total. The van der Waals surface area contributed by atoms with Crippen LogP contribution in [0.2, 0.25) is 0 Å². The molecule has 0 aliphatic rings. The third-order valence-corrected chi connectivity index (χ3v) is 3.93. The van der Waals surface area contributed by atoms with E-state index in [2.05, 4.69) is 4.74 Å². The average Bonchev–Trinajstić information content (AvgIpc) is 2.28. The van der Waals surface area contributed by atoms with Gasteiger partial charge in [0.15, 0.2) is 0 Å². The molecule has 0 aliphatic heterocycles. The van der Waals surface area contributed by atoms with Crippen molar-refractivity contribution in [1.82, 2.24) is 4.31 Å². The van der Waals surface area contributed by atoms with Crippen molar-refractivity contribution in [2.45, 2.75) is 6.42 Å². The average molecular weight is 269 g/mol. The lowest BCUT2D eigenvalue weighted by Crippen LogP contribution is -2.38. The standard InChI is InChI=1S/C9H19NO6S/c1-15-7-5-10(4-3-9(12)16-2)17(13,14)8-6-11/h11H,3-8H2,1-2H3. The summed E-state index contributed by atoms with van der Waals surface area (Å²) in [6.45, 7) is -0.0515. The molecule has 8 heteroatoms. The van der Waals surface area contributed by atoms with Crippen LogP contribution in [0.25, 0.3) is 0 Å². The maximum absolute atomic E-state index is 11.7. The van der Waals surface area contributed by atoms with Gasteiger partial charge < -0.3 is 14.6 Å². The molecule has 0 amide bonds. The van der Waals surface area contributed by atoms with Crippen LogP contribution in [0.5, 0.6) is 0 Å². The number of nitrogens with zero attached hydrogens (tertiary/aromatic N) is 1. The van der Waals surface area contributed by atoms with Gasteiger partial charge in [0.2, 0.25) is 10.0 Å². The molecule has 0 fully saturated rings. The van der Waals surface area contributed by atoms with Gasteiger partial charge in [-0.2, -0.15) is 4.31 Å². The molecule has 7 nitrogen and oxygen atoms in total. The number of ether oxygens (including phenoxy) is 2. The maximum atomic E-state index is 11.7. The lowest BCUT2D eigenvalue weighted by Gasteiger charge is -2.20. The van der Waals surface area contributed by atoms with Crippen molar-refractivity contribution in [3.05, 3.63) is 0 Å². The van der Waals surface area contributed by atoms with Crippen molar-refractivity contribution in [2.24, 2.45) is 0 Å². The lowest BCUT2D eigenvalue weighted by atomic mass is 10.4. The van der Waals surface area contributed by atoms with Gasteiger partial charge in [0.05, 0.1) is 32.5 Å². The van der Waals surface area contributed by atoms with Crippen molar-refractivity contribution in [2.75, 3.05) is 46.3 Å². The minimum Gasteiger partial charge on any atom is -0.469 e. The van der Waals surface area contributed by atoms with Gasteiger partial charge in [-0.05, 0) is 0 Å². The Morgan fingerprint density at radius 1 is 1.29 bits per heavy atom. The van der Waals surface area contributed by atoms with E-state index in [-0.39, 0.29) is 31.9 Å². The van der Waals surface area contributed by atoms with E-state index in [9.17, 15) is 13.2 Å². The molecule has 0 radical (unpaired) electrons. The van der Waals surface area contributed by atoms with Gasteiger partial charge in [-0.15, -0.1) is 0 Å². The summed E-state index contributed by atoms with van der Waals surface area (Å²) in [5, 5.41) is 8.67. The molecule has 0 unspecified atom stereocenters. The SMILES string of the molecule is COCCN(CCC(=O)OC)S(=O)(=O)CCO. The Bertz CT molecular complexity index is 315. The van der Waals surface area contributed by atoms with E-state index in [1.807, 2.05) is 0 Å². The van der Waals surface area contributed by atoms with Crippen LogP contribution in [0.15, 0.2) is 0 Å². The Kier molecular flexibility index (Phi) is 8.05. The minimum atomic E-state index is -3.55. The number of rotatable bonds is 9. The van der Waals surface area contributed by atoms with Gasteiger partial charge >= 0.3 is 5.97 Å². The molecule has 0 aliphatic carbocycles. The molecule has 102 valence electrons. The first-order chi connectivity index (χ1) is 7.97. The summed E-state index contributed by atoms with van der Waals surface area (Å²) in [6, 6.07) is 0. The Balaban J connectivity index is 4.47. The maximum Gasteiger partial charge on any atom is 0.306 e. The zero-order valence-corrected chi connectivity index (χ0v) is 10.9. The van der Waals surface area contributed by atoms with Crippen molar-refractivity contribution >= 4 is 16.0 Å². The highest BCUT2D eigenvalue weighted by Crippen LogP contribution is 2.03. The summed E-state index contributed by atoms with van der Waals surface area (Å²) >= 11 is 0. The summed E-state index contributed by atoms with van der Waals surface area (Å²) < 4.78 is 33.7. The van der Waals surface area contributed by atoms with Crippen LogP contribution in [0.1, 0.15) is 6.42 Å². The van der Waals surface area contributed by atoms with Crippen LogP contribution in [0.3, 0.4) is 0 Å². The number of esters is 1. The fourth-order valence-electron chi connectivity index (χ4n) is 1.15. The number of hydrogen-bond donors (Lipinski definition) is 1. The Morgan fingerprint density at radius 2 is 1.94 bits per heavy atom. The Hall–Kier alpha value is -0.700. The molecule has 0 heterocycles. The van der Waals surface area contributed by atoms with E-state index in [0.29, 0.717) is 0 Å². The highest BCUT2D eigenvalue weighted by Gasteiger charge is 2.21. The van der Waals surface area contributed by atoms with Gasteiger partial charge in [-0.25, -0.2) is 8.42 Å². The monoisotopic (exact) mass is 269 g/mol. The van der Waals surface area contributed by atoms with Crippen LogP contribution in [-0.2, 0) is 24.3 Å². The van der Waals surface area contributed by atoms with E-state index in [4.69, 9.17) is 9.84 Å². The fraction of sp³-hybridized carbons (Fsp3) is 0.889. The third kappa shape index (κ3) is 6.57. The van der Waals surface area contributed by atoms with Gasteiger partial charge in [-0.3, -0.25) is 4.79 Å². The number of carbonyl (C=O) groups excluding carboxylic acids is 1. The molecule has 0 saturated heterocycles. The first kappa shape index (κ1) is 16.3. The molecule has 0 spiro atoms. The quantitative estimate of drug-likeness (QED) is 0.530. The number of sulfonamides is 1. The third-order valence-electron chi connectivity index (χ3n) is 2.08. The topological polar surface area (TPSA) is 93.1 Å². The van der Waals surface area contributed by atoms with Gasteiger partial charge in [0, 0.05) is 20.2 Å². The summed E-state index contributed by atoms with van der Waals surface area (Å²) in [4.78, 5) is 11.0. The summed E-state index contributed by atoms with van der Waals surface area (Å²) in [6.07, 6.45) is -0.0229. The second-order valence-electron chi connectivity index (χ2n) is 3.26. The van der Waals surface area contributed by atoms with Gasteiger partial charge in [-0.1, -0.05) is 0 Å². The van der Waals surface area contributed by atoms with Crippen molar-refractivity contribution in [3.63, 3.8) is 0 Å². The number of carbonyl (C=O) groups is 1. The molecule has 0 saturated carbocycles. The predicted octanol–water partition coefficient (Wildman–Crippen LogP) is -1.18. The summed E-state index contributed by atoms with van der Waals surface area (Å²) in [5.41, 5.74) is 0.